The topological polar surface area (TPSA) is 41.6 Å². The molecule has 2 atom stereocenters. The van der Waals surface area contributed by atoms with Gasteiger partial charge >= 0.3 is 0 Å². The van der Waals surface area contributed by atoms with Gasteiger partial charge in [0.1, 0.15) is 5.82 Å². The van der Waals surface area contributed by atoms with Crippen LogP contribution in [-0.2, 0) is 5.41 Å². The zero-order valence-electron chi connectivity index (χ0n) is 12.4. The second kappa shape index (κ2) is 3.62. The zero-order valence-corrected chi connectivity index (χ0v) is 12.4. The molecule has 3 heteroatoms. The van der Waals surface area contributed by atoms with Gasteiger partial charge in [0, 0.05) is 11.3 Å². The lowest BCUT2D eigenvalue weighted by atomic mass is 9.44. The van der Waals surface area contributed by atoms with Crippen molar-refractivity contribution in [3.05, 3.63) is 11.6 Å². The molecule has 0 aliphatic heterocycles. The normalized spacial score (nSPS) is 44.2. The fraction of sp³-hybridized carbons (Fsp3) is 0.875. The van der Waals surface area contributed by atoms with E-state index in [1.165, 1.54) is 38.5 Å². The van der Waals surface area contributed by atoms with Crippen LogP contribution in [0.4, 0.5) is 0 Å². The molecule has 3 nitrogen and oxygen atoms in total. The van der Waals surface area contributed by atoms with Crippen molar-refractivity contribution in [2.45, 2.75) is 70.6 Å². The van der Waals surface area contributed by atoms with Crippen molar-refractivity contribution >= 4 is 0 Å². The van der Waals surface area contributed by atoms with Crippen molar-refractivity contribution in [2.75, 3.05) is 0 Å². The number of nitrogens with one attached hydrogen (secondary N) is 1. The number of aromatic nitrogens is 3. The predicted octanol–water partition coefficient (Wildman–Crippen LogP) is 3.79. The van der Waals surface area contributed by atoms with Gasteiger partial charge in [0.15, 0.2) is 5.82 Å². The Bertz CT molecular complexity index is 488. The van der Waals surface area contributed by atoms with Crippen molar-refractivity contribution in [2.24, 2.45) is 17.3 Å². The smallest absolute Gasteiger partial charge is 0.156 e. The average molecular weight is 259 g/mol. The average Bonchev–Trinajstić information content (AvgIpc) is 2.74. The summed E-state index contributed by atoms with van der Waals surface area (Å²) in [6.07, 6.45) is 8.38. The van der Waals surface area contributed by atoms with Crippen LogP contribution < -0.4 is 0 Å². The lowest BCUT2D eigenvalue weighted by Gasteiger charge is -2.60. The van der Waals surface area contributed by atoms with Crippen molar-refractivity contribution in [3.8, 4) is 0 Å². The van der Waals surface area contributed by atoms with Gasteiger partial charge in [-0.1, -0.05) is 20.8 Å². The standard InChI is InChI=1S/C16H25N3/c1-10(2)13-17-14(19-18-13)16-7-11-4-12(8-16)6-15(3,5-11)9-16/h10-12H,4-9H2,1-3H3,(H,17,18,19). The summed E-state index contributed by atoms with van der Waals surface area (Å²) in [4.78, 5) is 4.86. The molecule has 4 aliphatic rings. The molecule has 5 rings (SSSR count). The van der Waals surface area contributed by atoms with E-state index in [1.54, 1.807) is 0 Å². The molecule has 19 heavy (non-hydrogen) atoms. The summed E-state index contributed by atoms with van der Waals surface area (Å²) in [5.74, 6) is 4.53. The summed E-state index contributed by atoms with van der Waals surface area (Å²) in [7, 11) is 0. The van der Waals surface area contributed by atoms with Crippen LogP contribution >= 0.6 is 0 Å². The number of hydrogen-bond donors (Lipinski definition) is 1. The highest BCUT2D eigenvalue weighted by atomic mass is 15.2. The van der Waals surface area contributed by atoms with Crippen LogP contribution in [0.3, 0.4) is 0 Å². The largest absolute Gasteiger partial charge is 0.263 e. The third kappa shape index (κ3) is 1.70. The lowest BCUT2D eigenvalue weighted by Crippen LogP contribution is -2.53. The van der Waals surface area contributed by atoms with Gasteiger partial charge in [0.2, 0.25) is 0 Å². The van der Waals surface area contributed by atoms with Gasteiger partial charge in [-0.05, 0) is 55.8 Å². The van der Waals surface area contributed by atoms with Gasteiger partial charge in [-0.3, -0.25) is 5.10 Å². The predicted molar refractivity (Wildman–Crippen MR) is 74.9 cm³/mol. The molecule has 4 fully saturated rings. The molecule has 4 saturated carbocycles. The van der Waals surface area contributed by atoms with E-state index in [1.807, 2.05) is 0 Å². The van der Waals surface area contributed by atoms with E-state index < -0.39 is 0 Å². The molecule has 1 aromatic heterocycles. The minimum Gasteiger partial charge on any atom is -0.263 e. The second-order valence-electron chi connectivity index (χ2n) is 8.25. The molecule has 1 heterocycles. The van der Waals surface area contributed by atoms with E-state index >= 15 is 0 Å². The first-order valence-electron chi connectivity index (χ1n) is 7.91. The maximum absolute atomic E-state index is 4.86. The first-order chi connectivity index (χ1) is 8.98. The Kier molecular flexibility index (Phi) is 2.27. The third-order valence-corrected chi connectivity index (χ3v) is 5.88. The van der Waals surface area contributed by atoms with Crippen molar-refractivity contribution in [1.82, 2.24) is 15.2 Å². The molecule has 0 saturated heterocycles. The highest BCUT2D eigenvalue weighted by Crippen LogP contribution is 2.65. The summed E-state index contributed by atoms with van der Waals surface area (Å²) < 4.78 is 0. The Morgan fingerprint density at radius 3 is 2.37 bits per heavy atom. The molecule has 4 bridgehead atoms. The molecule has 1 N–H and O–H groups in total. The zero-order chi connectivity index (χ0) is 13.3. The summed E-state index contributed by atoms with van der Waals surface area (Å²) in [5, 5.41) is 7.80. The molecule has 0 radical (unpaired) electrons. The number of hydrogen-bond acceptors (Lipinski definition) is 2. The minimum absolute atomic E-state index is 0.308. The molecule has 2 unspecified atom stereocenters. The van der Waals surface area contributed by atoms with Crippen molar-refractivity contribution in [1.29, 1.82) is 0 Å². The molecule has 0 spiro atoms. The number of nitrogens with zero attached hydrogens (tertiary/aromatic N) is 2. The molecule has 0 amide bonds. The quantitative estimate of drug-likeness (QED) is 0.878. The Labute approximate surface area is 115 Å². The third-order valence-electron chi connectivity index (χ3n) is 5.88. The minimum atomic E-state index is 0.308. The van der Waals surface area contributed by atoms with E-state index in [2.05, 4.69) is 31.0 Å². The SMILES string of the molecule is CC(C)c1nc(C23CC4CC(CC(C)(C4)C2)C3)n[nH]1. The Balaban J connectivity index is 1.73. The molecule has 4 aliphatic carbocycles. The van der Waals surface area contributed by atoms with E-state index in [4.69, 9.17) is 4.98 Å². The summed E-state index contributed by atoms with van der Waals surface area (Å²) in [6, 6.07) is 0. The number of rotatable bonds is 2. The highest BCUT2D eigenvalue weighted by Gasteiger charge is 2.57. The second-order valence-corrected chi connectivity index (χ2v) is 8.25. The van der Waals surface area contributed by atoms with Crippen LogP contribution in [0.25, 0.3) is 0 Å². The van der Waals surface area contributed by atoms with E-state index in [0.29, 0.717) is 16.7 Å². The summed E-state index contributed by atoms with van der Waals surface area (Å²) in [6.45, 7) is 6.88. The Hall–Kier alpha value is -0.860. The fourth-order valence-corrected chi connectivity index (χ4v) is 5.75. The highest BCUT2D eigenvalue weighted by molar-refractivity contribution is 5.19. The number of aromatic amines is 1. The van der Waals surface area contributed by atoms with Gasteiger partial charge in [-0.2, -0.15) is 5.10 Å². The maximum atomic E-state index is 4.86. The van der Waals surface area contributed by atoms with Crippen molar-refractivity contribution < 1.29 is 0 Å². The monoisotopic (exact) mass is 259 g/mol. The van der Waals surface area contributed by atoms with Gasteiger partial charge in [-0.25, -0.2) is 4.98 Å². The molecule has 104 valence electrons. The first kappa shape index (κ1) is 11.9. The Morgan fingerprint density at radius 1 is 1.16 bits per heavy atom. The number of H-pyrrole nitrogens is 1. The van der Waals surface area contributed by atoms with E-state index in [0.717, 1.165) is 23.5 Å². The Morgan fingerprint density at radius 2 is 1.84 bits per heavy atom. The van der Waals surface area contributed by atoms with Crippen LogP contribution in [0.5, 0.6) is 0 Å². The molecule has 0 aromatic carbocycles. The molecular weight excluding hydrogens is 234 g/mol. The maximum Gasteiger partial charge on any atom is 0.156 e. The van der Waals surface area contributed by atoms with Crippen LogP contribution in [0.2, 0.25) is 0 Å². The molecule has 1 aromatic rings. The van der Waals surface area contributed by atoms with E-state index in [-0.39, 0.29) is 0 Å². The first-order valence-corrected chi connectivity index (χ1v) is 7.91. The van der Waals surface area contributed by atoms with Gasteiger partial charge < -0.3 is 0 Å². The van der Waals surface area contributed by atoms with Crippen LogP contribution in [0, 0.1) is 17.3 Å². The van der Waals surface area contributed by atoms with Gasteiger partial charge in [0.05, 0.1) is 0 Å². The van der Waals surface area contributed by atoms with Crippen LogP contribution in [0.1, 0.15) is 76.9 Å². The van der Waals surface area contributed by atoms with Gasteiger partial charge in [0.25, 0.3) is 0 Å². The summed E-state index contributed by atoms with van der Waals surface area (Å²) in [5.41, 5.74) is 0.880. The lowest BCUT2D eigenvalue weighted by molar-refractivity contribution is -0.0647. The fourth-order valence-electron chi connectivity index (χ4n) is 5.75. The van der Waals surface area contributed by atoms with Crippen LogP contribution in [-0.4, -0.2) is 15.2 Å². The van der Waals surface area contributed by atoms with E-state index in [9.17, 15) is 0 Å². The summed E-state index contributed by atoms with van der Waals surface area (Å²) >= 11 is 0. The van der Waals surface area contributed by atoms with Crippen molar-refractivity contribution in [3.63, 3.8) is 0 Å². The van der Waals surface area contributed by atoms with Gasteiger partial charge in [-0.15, -0.1) is 0 Å². The van der Waals surface area contributed by atoms with Crippen LogP contribution in [0.15, 0.2) is 0 Å². The molecular formula is C16H25N3.